The Bertz CT molecular complexity index is 628. The summed E-state index contributed by atoms with van der Waals surface area (Å²) in [6.07, 6.45) is -1.75. The zero-order valence-electron chi connectivity index (χ0n) is 14.8. The van der Waals surface area contributed by atoms with Crippen LogP contribution in [0, 0.1) is 5.92 Å². The number of rotatable bonds is 6. The molecule has 0 saturated carbocycles. The fourth-order valence-corrected chi connectivity index (χ4v) is 3.17. The van der Waals surface area contributed by atoms with Gasteiger partial charge in [-0.2, -0.15) is 0 Å². The second-order valence-corrected chi connectivity index (χ2v) is 6.27. The van der Waals surface area contributed by atoms with E-state index in [1.807, 2.05) is 13.8 Å². The first kappa shape index (κ1) is 19.1. The minimum absolute atomic E-state index is 0.149. The van der Waals surface area contributed by atoms with Crippen molar-refractivity contribution in [1.82, 2.24) is 4.90 Å². The SMILES string of the molecule is [B]C(=O)N1C(c2c(OC)cccc2OC)O[C@H](C(=O)O)[C@@H]1CC(C)C. The van der Waals surface area contributed by atoms with Crippen LogP contribution in [0.3, 0.4) is 0 Å². The molecule has 1 fully saturated rings. The third-order valence-corrected chi connectivity index (χ3v) is 4.16. The molecule has 0 spiro atoms. The molecule has 8 heteroatoms. The van der Waals surface area contributed by atoms with Gasteiger partial charge in [0.2, 0.25) is 7.85 Å². The number of ether oxygens (including phenoxy) is 3. The summed E-state index contributed by atoms with van der Waals surface area (Å²) in [6.45, 7) is 3.88. The van der Waals surface area contributed by atoms with Gasteiger partial charge in [-0.25, -0.2) is 4.79 Å². The quantitative estimate of drug-likeness (QED) is 0.794. The molecule has 1 amide bonds. The number of amides is 1. The molecule has 1 aliphatic rings. The average molecular weight is 347 g/mol. The van der Waals surface area contributed by atoms with E-state index in [9.17, 15) is 14.7 Å². The number of hydrogen-bond donors (Lipinski definition) is 1. The molecule has 0 aliphatic carbocycles. The lowest BCUT2D eigenvalue weighted by molar-refractivity contribution is -0.150. The lowest BCUT2D eigenvalue weighted by Gasteiger charge is -2.30. The van der Waals surface area contributed by atoms with Crippen molar-refractivity contribution in [3.8, 4) is 11.5 Å². The van der Waals surface area contributed by atoms with Crippen molar-refractivity contribution < 1.29 is 28.9 Å². The number of carboxylic acids is 1. The summed E-state index contributed by atoms with van der Waals surface area (Å²) in [7, 11) is 8.52. The van der Waals surface area contributed by atoms with Crippen molar-refractivity contribution >= 4 is 19.6 Å². The van der Waals surface area contributed by atoms with Gasteiger partial charge < -0.3 is 24.2 Å². The van der Waals surface area contributed by atoms with Gasteiger partial charge in [0, 0.05) is 0 Å². The Labute approximate surface area is 148 Å². The fraction of sp³-hybridized carbons (Fsp3) is 0.529. The first-order valence-corrected chi connectivity index (χ1v) is 7.98. The van der Waals surface area contributed by atoms with E-state index in [0.717, 1.165) is 0 Å². The molecular weight excluding hydrogens is 325 g/mol. The molecule has 0 aromatic heterocycles. The maximum atomic E-state index is 12.1. The van der Waals surface area contributed by atoms with Crippen molar-refractivity contribution in [3.05, 3.63) is 23.8 Å². The predicted octanol–water partition coefficient (Wildman–Crippen LogP) is 2.19. The molecule has 1 unspecified atom stereocenters. The molecule has 1 heterocycles. The monoisotopic (exact) mass is 347 g/mol. The van der Waals surface area contributed by atoms with E-state index in [1.54, 1.807) is 18.2 Å². The zero-order chi connectivity index (χ0) is 18.7. The van der Waals surface area contributed by atoms with Gasteiger partial charge in [-0.05, 0) is 24.5 Å². The number of aliphatic carboxylic acids is 1. The summed E-state index contributed by atoms with van der Waals surface area (Å²) in [4.78, 5) is 25.1. The van der Waals surface area contributed by atoms with Gasteiger partial charge >= 0.3 is 5.97 Å². The fourth-order valence-electron chi connectivity index (χ4n) is 3.17. The summed E-state index contributed by atoms with van der Waals surface area (Å²) in [6, 6.07) is 4.41. The molecule has 134 valence electrons. The summed E-state index contributed by atoms with van der Waals surface area (Å²) in [5.74, 6) is -0.911. The van der Waals surface area contributed by atoms with Crippen LogP contribution in [0.1, 0.15) is 32.1 Å². The smallest absolute Gasteiger partial charge is 0.335 e. The molecule has 1 aromatic rings. The molecule has 25 heavy (non-hydrogen) atoms. The van der Waals surface area contributed by atoms with E-state index in [4.69, 9.17) is 22.1 Å². The third kappa shape index (κ3) is 3.73. The predicted molar refractivity (Wildman–Crippen MR) is 91.0 cm³/mol. The third-order valence-electron chi connectivity index (χ3n) is 4.16. The van der Waals surface area contributed by atoms with E-state index in [0.29, 0.717) is 23.5 Å². The Morgan fingerprint density at radius 2 is 1.84 bits per heavy atom. The average Bonchev–Trinajstić information content (AvgIpc) is 2.92. The maximum Gasteiger partial charge on any atom is 0.335 e. The van der Waals surface area contributed by atoms with Crippen molar-refractivity contribution in [2.24, 2.45) is 5.92 Å². The van der Waals surface area contributed by atoms with Crippen molar-refractivity contribution in [2.45, 2.75) is 38.6 Å². The minimum atomic E-state index is -1.19. The summed E-state index contributed by atoms with van der Waals surface area (Å²) in [5, 5.41) is 9.55. The molecule has 1 aromatic carbocycles. The van der Waals surface area contributed by atoms with Crippen LogP contribution in [0.4, 0.5) is 4.79 Å². The van der Waals surface area contributed by atoms with Crippen LogP contribution in [0.5, 0.6) is 11.5 Å². The normalized spacial score (nSPS) is 22.9. The lowest BCUT2D eigenvalue weighted by atomic mass is 9.95. The Balaban J connectivity index is 2.57. The number of benzene rings is 1. The van der Waals surface area contributed by atoms with Gasteiger partial charge in [0.05, 0.1) is 25.8 Å². The molecule has 3 atom stereocenters. The Kier molecular flexibility index (Phi) is 5.95. The number of carbonyl (C=O) groups excluding carboxylic acids is 1. The number of carbonyl (C=O) groups is 2. The van der Waals surface area contributed by atoms with Crippen LogP contribution < -0.4 is 9.47 Å². The lowest BCUT2D eigenvalue weighted by Crippen LogP contribution is -2.43. The van der Waals surface area contributed by atoms with Gasteiger partial charge in [-0.1, -0.05) is 19.9 Å². The Hall–Kier alpha value is -2.22. The standard InChI is InChI=1S/C17H22BNO6/c1-9(2)8-10-14(16(20)21)25-15(19(10)17(18)22)13-11(23-3)6-5-7-12(13)24-4/h5-7,9-10,14-15H,8H2,1-4H3,(H,20,21)/t10-,14-,15?/m0/s1. The van der Waals surface area contributed by atoms with Crippen LogP contribution in [-0.2, 0) is 9.53 Å². The number of carboxylic acid groups (broad SMARTS) is 1. The largest absolute Gasteiger partial charge is 0.496 e. The van der Waals surface area contributed by atoms with E-state index in [1.165, 1.54) is 19.1 Å². The second-order valence-electron chi connectivity index (χ2n) is 6.27. The van der Waals surface area contributed by atoms with Crippen molar-refractivity contribution in [2.75, 3.05) is 14.2 Å². The van der Waals surface area contributed by atoms with E-state index < -0.39 is 30.1 Å². The number of nitrogens with zero attached hydrogens (tertiary/aromatic N) is 1. The molecule has 1 N–H and O–H groups in total. The molecule has 2 rings (SSSR count). The van der Waals surface area contributed by atoms with Gasteiger partial charge in [0.25, 0.3) is 0 Å². The van der Waals surface area contributed by atoms with Crippen molar-refractivity contribution in [1.29, 1.82) is 0 Å². The zero-order valence-corrected chi connectivity index (χ0v) is 14.8. The number of hydrogen-bond acceptors (Lipinski definition) is 5. The van der Waals surface area contributed by atoms with E-state index in [2.05, 4.69) is 0 Å². The topological polar surface area (TPSA) is 85.3 Å². The highest BCUT2D eigenvalue weighted by Crippen LogP contribution is 2.44. The van der Waals surface area contributed by atoms with Gasteiger partial charge in [-0.15, -0.1) is 0 Å². The molecule has 1 saturated heterocycles. The minimum Gasteiger partial charge on any atom is -0.496 e. The highest BCUT2D eigenvalue weighted by atomic mass is 16.6. The first-order chi connectivity index (χ1) is 11.8. The first-order valence-electron chi connectivity index (χ1n) is 7.98. The summed E-state index contributed by atoms with van der Waals surface area (Å²) >= 11 is 0. The van der Waals surface area contributed by atoms with Crippen molar-refractivity contribution in [3.63, 3.8) is 0 Å². The van der Waals surface area contributed by atoms with Crippen LogP contribution in [0.15, 0.2) is 18.2 Å². The highest BCUT2D eigenvalue weighted by Gasteiger charge is 2.49. The van der Waals surface area contributed by atoms with Gasteiger partial charge in [0.1, 0.15) is 11.5 Å². The number of methoxy groups -OCH3 is 2. The van der Waals surface area contributed by atoms with Crippen LogP contribution in [0.25, 0.3) is 0 Å². The summed E-state index contributed by atoms with van der Waals surface area (Å²) in [5.41, 5.74) is 0.434. The van der Waals surface area contributed by atoms with E-state index in [-0.39, 0.29) is 5.92 Å². The maximum absolute atomic E-state index is 12.1. The van der Waals surface area contributed by atoms with Gasteiger partial charge in [-0.3, -0.25) is 4.79 Å². The van der Waals surface area contributed by atoms with Crippen LogP contribution in [-0.4, -0.2) is 56.0 Å². The van der Waals surface area contributed by atoms with Crippen LogP contribution >= 0.6 is 0 Å². The molecule has 1 aliphatic heterocycles. The molecule has 2 radical (unpaired) electrons. The molecule has 7 nitrogen and oxygen atoms in total. The van der Waals surface area contributed by atoms with E-state index >= 15 is 0 Å². The Morgan fingerprint density at radius 1 is 1.28 bits per heavy atom. The molecular formula is C17H22BNO6. The molecule has 0 bridgehead atoms. The summed E-state index contributed by atoms with van der Waals surface area (Å²) < 4.78 is 16.5. The second kappa shape index (κ2) is 7.78. The highest BCUT2D eigenvalue weighted by molar-refractivity contribution is 6.57. The Morgan fingerprint density at radius 3 is 2.24 bits per heavy atom. The van der Waals surface area contributed by atoms with Gasteiger partial charge in [0.15, 0.2) is 18.1 Å². The van der Waals surface area contributed by atoms with Crippen LogP contribution in [0.2, 0.25) is 0 Å².